The first kappa shape index (κ1) is 23.4. The fourth-order valence-corrected chi connectivity index (χ4v) is 2.63. The fraction of sp³-hybridized carbons (Fsp3) is 0.667. The molecule has 1 saturated carbocycles. The van der Waals surface area contributed by atoms with Crippen LogP contribution in [0.3, 0.4) is 0 Å². The van der Waals surface area contributed by atoms with Crippen LogP contribution in [0.2, 0.25) is 0 Å². The number of halogens is 1. The molecule has 1 amide bonds. The number of nitrogens with one attached hydrogen (secondary N) is 1. The third-order valence-corrected chi connectivity index (χ3v) is 4.01. The Morgan fingerprint density at radius 3 is 2.37 bits per heavy atom. The van der Waals surface area contributed by atoms with E-state index in [0.29, 0.717) is 6.10 Å². The van der Waals surface area contributed by atoms with Gasteiger partial charge in [-0.1, -0.05) is 49.6 Å². The van der Waals surface area contributed by atoms with Crippen molar-refractivity contribution in [2.75, 3.05) is 13.3 Å². The normalized spacial score (nSPS) is 16.0. The lowest BCUT2D eigenvalue weighted by molar-refractivity contribution is 0.0169. The standard InChI is InChI=1S/C13H18O.C8H16FNO3/c1-3-7-12(8-4-1)11-14-13-9-5-2-6-10-13;1-8(2,3)13-7(12)10-6(4-9)5-11/h1,3-4,7-8,13H,2,5-6,9-11H2;6,11H,4-5H2,1-3H3,(H,10,12)/t;6-/m.0/s1. The molecule has 154 valence electrons. The average molecular weight is 384 g/mol. The van der Waals surface area contributed by atoms with Gasteiger partial charge in [-0.15, -0.1) is 0 Å². The number of rotatable bonds is 6. The zero-order valence-electron chi connectivity index (χ0n) is 16.7. The molecule has 0 unspecified atom stereocenters. The molecule has 5 nitrogen and oxygen atoms in total. The predicted octanol–water partition coefficient (Wildman–Crippen LogP) is 4.38. The second kappa shape index (κ2) is 12.7. The van der Waals surface area contributed by atoms with E-state index in [-0.39, 0.29) is 0 Å². The second-order valence-corrected chi connectivity index (χ2v) is 7.74. The number of ether oxygens (including phenoxy) is 2. The van der Waals surface area contributed by atoms with Crippen LogP contribution in [-0.2, 0) is 16.1 Å². The summed E-state index contributed by atoms with van der Waals surface area (Å²) in [6, 6.07) is 9.56. The number of alkyl carbamates (subject to hydrolysis) is 1. The maximum Gasteiger partial charge on any atom is 0.408 e. The lowest BCUT2D eigenvalue weighted by Crippen LogP contribution is -2.42. The minimum atomic E-state index is -0.880. The first-order valence-electron chi connectivity index (χ1n) is 9.66. The van der Waals surface area contributed by atoms with E-state index >= 15 is 0 Å². The van der Waals surface area contributed by atoms with Crippen LogP contribution in [0.15, 0.2) is 30.3 Å². The lowest BCUT2D eigenvalue weighted by Gasteiger charge is -2.21. The summed E-state index contributed by atoms with van der Waals surface area (Å²) in [5.74, 6) is 0. The third-order valence-electron chi connectivity index (χ3n) is 4.01. The zero-order valence-corrected chi connectivity index (χ0v) is 16.7. The molecule has 1 aliphatic carbocycles. The summed E-state index contributed by atoms with van der Waals surface area (Å²) in [6.45, 7) is 4.65. The molecule has 0 spiro atoms. The summed E-state index contributed by atoms with van der Waals surface area (Å²) in [7, 11) is 0. The molecule has 0 saturated heterocycles. The molecule has 1 aromatic carbocycles. The first-order valence-corrected chi connectivity index (χ1v) is 9.66. The van der Waals surface area contributed by atoms with E-state index in [1.165, 1.54) is 37.7 Å². The summed E-state index contributed by atoms with van der Waals surface area (Å²) >= 11 is 0. The molecule has 0 heterocycles. The van der Waals surface area contributed by atoms with Crippen molar-refractivity contribution >= 4 is 6.09 Å². The van der Waals surface area contributed by atoms with Gasteiger partial charge in [0.15, 0.2) is 0 Å². The number of hydrogen-bond acceptors (Lipinski definition) is 4. The van der Waals surface area contributed by atoms with Gasteiger partial charge < -0.3 is 19.9 Å². The monoisotopic (exact) mass is 383 g/mol. The van der Waals surface area contributed by atoms with E-state index < -0.39 is 31.0 Å². The molecular formula is C21H34FNO4. The fourth-order valence-electron chi connectivity index (χ4n) is 2.63. The Morgan fingerprint density at radius 1 is 1.22 bits per heavy atom. The smallest absolute Gasteiger partial charge is 0.408 e. The minimum Gasteiger partial charge on any atom is -0.444 e. The Balaban J connectivity index is 0.000000271. The number of aliphatic hydroxyl groups is 1. The van der Waals surface area contributed by atoms with Crippen LogP contribution in [0, 0.1) is 0 Å². The van der Waals surface area contributed by atoms with Gasteiger partial charge in [-0.3, -0.25) is 0 Å². The van der Waals surface area contributed by atoms with Crippen molar-refractivity contribution in [2.24, 2.45) is 0 Å². The van der Waals surface area contributed by atoms with Gasteiger partial charge in [0.05, 0.1) is 25.4 Å². The molecule has 1 atom stereocenters. The first-order chi connectivity index (χ1) is 12.8. The molecule has 0 radical (unpaired) electrons. The Labute approximate surface area is 162 Å². The van der Waals surface area contributed by atoms with Gasteiger partial charge in [-0.2, -0.15) is 0 Å². The molecule has 1 aliphatic rings. The van der Waals surface area contributed by atoms with E-state index in [1.54, 1.807) is 20.8 Å². The molecule has 1 fully saturated rings. The lowest BCUT2D eigenvalue weighted by atomic mass is 9.98. The molecule has 2 N–H and O–H groups in total. The number of benzene rings is 1. The predicted molar refractivity (Wildman–Crippen MR) is 104 cm³/mol. The zero-order chi connectivity index (χ0) is 20.1. The molecular weight excluding hydrogens is 349 g/mol. The van der Waals surface area contributed by atoms with Gasteiger partial charge >= 0.3 is 6.09 Å². The second-order valence-electron chi connectivity index (χ2n) is 7.74. The molecule has 27 heavy (non-hydrogen) atoms. The van der Waals surface area contributed by atoms with Crippen LogP contribution < -0.4 is 5.32 Å². The molecule has 2 rings (SSSR count). The van der Waals surface area contributed by atoms with Gasteiger partial charge in [0.1, 0.15) is 12.3 Å². The van der Waals surface area contributed by atoms with Gasteiger partial charge in [0.25, 0.3) is 0 Å². The van der Waals surface area contributed by atoms with E-state index in [4.69, 9.17) is 14.6 Å². The summed E-state index contributed by atoms with van der Waals surface area (Å²) in [6.07, 6.45) is 6.40. The van der Waals surface area contributed by atoms with E-state index in [2.05, 4.69) is 29.6 Å². The maximum absolute atomic E-state index is 12.0. The van der Waals surface area contributed by atoms with Crippen molar-refractivity contribution < 1.29 is 23.8 Å². The number of carbonyl (C=O) groups is 1. The highest BCUT2D eigenvalue weighted by molar-refractivity contribution is 5.68. The topological polar surface area (TPSA) is 67.8 Å². The van der Waals surface area contributed by atoms with Gasteiger partial charge in [0, 0.05) is 0 Å². The van der Waals surface area contributed by atoms with Crippen LogP contribution in [-0.4, -0.2) is 42.2 Å². The SMILES string of the molecule is CC(C)(C)OC(=O)N[C@H](CO)CF.c1ccc(COC2CCCCC2)cc1. The van der Waals surface area contributed by atoms with Gasteiger partial charge in [-0.05, 0) is 39.2 Å². The minimum absolute atomic E-state index is 0.435. The quantitative estimate of drug-likeness (QED) is 0.765. The van der Waals surface area contributed by atoms with E-state index in [9.17, 15) is 9.18 Å². The Bertz CT molecular complexity index is 509. The molecule has 1 aromatic rings. The number of amides is 1. The van der Waals surface area contributed by atoms with Crippen molar-refractivity contribution in [2.45, 2.75) is 77.2 Å². The van der Waals surface area contributed by atoms with Crippen LogP contribution in [0.1, 0.15) is 58.4 Å². The van der Waals surface area contributed by atoms with E-state index in [0.717, 1.165) is 6.61 Å². The highest BCUT2D eigenvalue weighted by Crippen LogP contribution is 2.21. The third kappa shape index (κ3) is 11.6. The number of alkyl halides is 1. The van der Waals surface area contributed by atoms with Crippen LogP contribution in [0.4, 0.5) is 9.18 Å². The van der Waals surface area contributed by atoms with Gasteiger partial charge in [0.2, 0.25) is 0 Å². The summed E-state index contributed by atoms with van der Waals surface area (Å²) in [4.78, 5) is 11.0. The van der Waals surface area contributed by atoms with Crippen molar-refractivity contribution in [1.82, 2.24) is 5.32 Å². The average Bonchev–Trinajstić information content (AvgIpc) is 2.65. The molecule has 0 bridgehead atoms. The van der Waals surface area contributed by atoms with Crippen LogP contribution in [0.25, 0.3) is 0 Å². The van der Waals surface area contributed by atoms with Crippen LogP contribution >= 0.6 is 0 Å². The number of carbonyl (C=O) groups excluding carboxylic acids is 1. The van der Waals surface area contributed by atoms with Crippen molar-refractivity contribution in [3.8, 4) is 0 Å². The molecule has 6 heteroatoms. The highest BCUT2D eigenvalue weighted by Gasteiger charge is 2.18. The largest absolute Gasteiger partial charge is 0.444 e. The summed E-state index contributed by atoms with van der Waals surface area (Å²) < 4.78 is 22.7. The Morgan fingerprint density at radius 2 is 1.85 bits per heavy atom. The van der Waals surface area contributed by atoms with Gasteiger partial charge in [-0.25, -0.2) is 9.18 Å². The maximum atomic E-state index is 12.0. The van der Waals surface area contributed by atoms with Crippen molar-refractivity contribution in [1.29, 1.82) is 0 Å². The summed E-state index contributed by atoms with van der Waals surface area (Å²) in [5, 5.41) is 10.7. The Hall–Kier alpha value is -1.66. The summed E-state index contributed by atoms with van der Waals surface area (Å²) in [5.41, 5.74) is 0.679. The van der Waals surface area contributed by atoms with Crippen molar-refractivity contribution in [3.05, 3.63) is 35.9 Å². The highest BCUT2D eigenvalue weighted by atomic mass is 19.1. The number of hydrogen-bond donors (Lipinski definition) is 2. The Kier molecular flexibility index (Phi) is 11.0. The molecule has 0 aromatic heterocycles. The number of aliphatic hydroxyl groups excluding tert-OH is 1. The molecule has 0 aliphatic heterocycles. The van der Waals surface area contributed by atoms with Crippen LogP contribution in [0.5, 0.6) is 0 Å². The van der Waals surface area contributed by atoms with E-state index in [1.807, 2.05) is 6.07 Å². The van der Waals surface area contributed by atoms with Crippen molar-refractivity contribution in [3.63, 3.8) is 0 Å².